The lowest BCUT2D eigenvalue weighted by Crippen LogP contribution is -2.38. The number of imidazole rings is 1. The van der Waals surface area contributed by atoms with Gasteiger partial charge in [-0.1, -0.05) is 6.07 Å². The lowest BCUT2D eigenvalue weighted by molar-refractivity contribution is 0.0929. The van der Waals surface area contributed by atoms with Crippen LogP contribution in [0.25, 0.3) is 5.65 Å². The van der Waals surface area contributed by atoms with Gasteiger partial charge in [0.05, 0.1) is 6.20 Å². The summed E-state index contributed by atoms with van der Waals surface area (Å²) in [6.45, 7) is 2.02. The molecule has 3 heterocycles. The molecule has 4 rings (SSSR count). The summed E-state index contributed by atoms with van der Waals surface area (Å²) in [5, 5.41) is 10.2. The van der Waals surface area contributed by atoms with Crippen LogP contribution in [0, 0.1) is 6.92 Å². The van der Waals surface area contributed by atoms with E-state index < -0.39 is 0 Å². The maximum absolute atomic E-state index is 12.4. The number of nitrogens with zero attached hydrogens (tertiary/aromatic N) is 3. The van der Waals surface area contributed by atoms with Gasteiger partial charge in [-0.15, -0.1) is 0 Å². The van der Waals surface area contributed by atoms with Crippen LogP contribution in [-0.2, 0) is 12.8 Å². The van der Waals surface area contributed by atoms with Crippen LogP contribution in [0.1, 0.15) is 33.7 Å². The number of aromatic amines is 1. The van der Waals surface area contributed by atoms with E-state index in [2.05, 4.69) is 20.5 Å². The number of carbonyl (C=O) groups excluding carboxylic acids is 1. The number of aryl methyl sites for hydroxylation is 2. The van der Waals surface area contributed by atoms with Gasteiger partial charge in [0.15, 0.2) is 0 Å². The number of fused-ring (bicyclic) bond motifs is 2. The van der Waals surface area contributed by atoms with Gasteiger partial charge in [-0.25, -0.2) is 4.98 Å². The van der Waals surface area contributed by atoms with Crippen molar-refractivity contribution < 1.29 is 4.79 Å². The molecule has 6 nitrogen and oxygen atoms in total. The molecule has 0 radical (unpaired) electrons. The monoisotopic (exact) mass is 295 g/mol. The molecule has 0 bridgehead atoms. The average Bonchev–Trinajstić information content (AvgIpc) is 3.12. The molecule has 1 aliphatic rings. The molecule has 0 saturated carbocycles. The third kappa shape index (κ3) is 2.26. The van der Waals surface area contributed by atoms with Crippen molar-refractivity contribution in [2.45, 2.75) is 32.2 Å². The average molecular weight is 295 g/mol. The van der Waals surface area contributed by atoms with Crippen molar-refractivity contribution in [3.63, 3.8) is 0 Å². The number of rotatable bonds is 2. The molecule has 0 spiro atoms. The fraction of sp³-hybridized carbons (Fsp3) is 0.312. The highest BCUT2D eigenvalue weighted by atomic mass is 16.2. The maximum atomic E-state index is 12.4. The van der Waals surface area contributed by atoms with E-state index in [4.69, 9.17) is 0 Å². The van der Waals surface area contributed by atoms with E-state index in [1.165, 1.54) is 11.3 Å². The number of hydrogen-bond donors (Lipinski definition) is 2. The van der Waals surface area contributed by atoms with E-state index >= 15 is 0 Å². The highest BCUT2D eigenvalue weighted by Crippen LogP contribution is 2.19. The van der Waals surface area contributed by atoms with E-state index in [9.17, 15) is 4.79 Å². The fourth-order valence-electron chi connectivity index (χ4n) is 3.01. The summed E-state index contributed by atoms with van der Waals surface area (Å²) in [6.07, 6.45) is 8.27. The summed E-state index contributed by atoms with van der Waals surface area (Å²) in [4.78, 5) is 16.8. The Hall–Kier alpha value is -2.63. The summed E-state index contributed by atoms with van der Waals surface area (Å²) in [6, 6.07) is 4.06. The minimum Gasteiger partial charge on any atom is -0.348 e. The normalized spacial score (nSPS) is 17.4. The van der Waals surface area contributed by atoms with Gasteiger partial charge in [0.2, 0.25) is 0 Å². The second-order valence-corrected chi connectivity index (χ2v) is 5.89. The molecule has 3 aromatic heterocycles. The summed E-state index contributed by atoms with van der Waals surface area (Å²) < 4.78 is 1.89. The van der Waals surface area contributed by atoms with Crippen molar-refractivity contribution in [1.82, 2.24) is 24.9 Å². The number of amides is 1. The molecule has 3 aromatic rings. The highest BCUT2D eigenvalue weighted by molar-refractivity contribution is 5.93. The van der Waals surface area contributed by atoms with Crippen molar-refractivity contribution in [2.75, 3.05) is 0 Å². The molecule has 1 aliphatic carbocycles. The van der Waals surface area contributed by atoms with Gasteiger partial charge in [-0.2, -0.15) is 5.10 Å². The molecule has 0 aliphatic heterocycles. The predicted molar refractivity (Wildman–Crippen MR) is 81.8 cm³/mol. The van der Waals surface area contributed by atoms with E-state index in [-0.39, 0.29) is 11.9 Å². The van der Waals surface area contributed by atoms with Crippen LogP contribution in [0.2, 0.25) is 0 Å². The Kier molecular flexibility index (Phi) is 2.96. The third-order valence-corrected chi connectivity index (χ3v) is 4.18. The third-order valence-electron chi connectivity index (χ3n) is 4.18. The maximum Gasteiger partial charge on any atom is 0.271 e. The quantitative estimate of drug-likeness (QED) is 0.755. The van der Waals surface area contributed by atoms with Crippen LogP contribution in [0.3, 0.4) is 0 Å². The van der Waals surface area contributed by atoms with E-state index in [1.807, 2.05) is 35.9 Å². The van der Waals surface area contributed by atoms with Crippen molar-refractivity contribution in [2.24, 2.45) is 0 Å². The molecule has 112 valence electrons. The largest absolute Gasteiger partial charge is 0.348 e. The van der Waals surface area contributed by atoms with Crippen LogP contribution >= 0.6 is 0 Å². The van der Waals surface area contributed by atoms with Crippen molar-refractivity contribution in [3.05, 3.63) is 53.2 Å². The van der Waals surface area contributed by atoms with Gasteiger partial charge < -0.3 is 9.72 Å². The first kappa shape index (κ1) is 13.1. The number of aromatic nitrogens is 4. The Morgan fingerprint density at radius 1 is 1.41 bits per heavy atom. The van der Waals surface area contributed by atoms with Crippen LogP contribution in [0.15, 0.2) is 30.7 Å². The first-order valence-corrected chi connectivity index (χ1v) is 7.46. The zero-order chi connectivity index (χ0) is 15.1. The molecule has 0 unspecified atom stereocenters. The molecule has 2 N–H and O–H groups in total. The molecule has 1 amide bonds. The predicted octanol–water partition coefficient (Wildman–Crippen LogP) is 1.65. The summed E-state index contributed by atoms with van der Waals surface area (Å²) >= 11 is 0. The Labute approximate surface area is 127 Å². The van der Waals surface area contributed by atoms with E-state index in [0.29, 0.717) is 5.69 Å². The number of H-pyrrole nitrogens is 1. The molecule has 0 aromatic carbocycles. The molecule has 0 saturated heterocycles. The molecular weight excluding hydrogens is 278 g/mol. The van der Waals surface area contributed by atoms with Crippen LogP contribution in [0.4, 0.5) is 0 Å². The molecule has 0 fully saturated rings. The lowest BCUT2D eigenvalue weighted by Gasteiger charge is -2.22. The Balaban J connectivity index is 1.52. The van der Waals surface area contributed by atoms with Crippen LogP contribution in [-0.4, -0.2) is 31.5 Å². The molecular formula is C16H17N5O. The Bertz CT molecular complexity index is 847. The minimum absolute atomic E-state index is 0.113. The Morgan fingerprint density at radius 2 is 2.32 bits per heavy atom. The van der Waals surface area contributed by atoms with Gasteiger partial charge in [0.25, 0.3) is 5.91 Å². The highest BCUT2D eigenvalue weighted by Gasteiger charge is 2.22. The second-order valence-electron chi connectivity index (χ2n) is 5.89. The van der Waals surface area contributed by atoms with Crippen LogP contribution < -0.4 is 5.32 Å². The van der Waals surface area contributed by atoms with E-state index in [0.717, 1.165) is 30.5 Å². The standard InChI is InChI=1S/C16H17N5O/c1-10-2-5-15-19-14(9-21(15)8-10)16(22)18-12-3-4-13-11(6-12)7-17-20-13/h2,5,7-9,12H,3-4,6H2,1H3,(H,17,20)(H,18,22)/t12-/m0/s1. The van der Waals surface area contributed by atoms with E-state index in [1.54, 1.807) is 6.20 Å². The van der Waals surface area contributed by atoms with Gasteiger partial charge >= 0.3 is 0 Å². The van der Waals surface area contributed by atoms with Gasteiger partial charge in [-0.3, -0.25) is 9.89 Å². The molecule has 22 heavy (non-hydrogen) atoms. The Morgan fingerprint density at radius 3 is 3.23 bits per heavy atom. The van der Waals surface area contributed by atoms with Crippen molar-refractivity contribution >= 4 is 11.6 Å². The summed E-state index contributed by atoms with van der Waals surface area (Å²) in [7, 11) is 0. The number of hydrogen-bond acceptors (Lipinski definition) is 3. The van der Waals surface area contributed by atoms with Crippen molar-refractivity contribution in [1.29, 1.82) is 0 Å². The zero-order valence-electron chi connectivity index (χ0n) is 12.3. The number of carbonyl (C=O) groups is 1. The first-order chi connectivity index (χ1) is 10.7. The SMILES string of the molecule is Cc1ccc2nc(C(=O)N[C@H]3CCc4[nH]ncc4C3)cn2c1. The second kappa shape index (κ2) is 4.98. The summed E-state index contributed by atoms with van der Waals surface area (Å²) in [5.74, 6) is -0.113. The van der Waals surface area contributed by atoms with Gasteiger partial charge in [-0.05, 0) is 43.4 Å². The van der Waals surface area contributed by atoms with Crippen molar-refractivity contribution in [3.8, 4) is 0 Å². The number of nitrogens with one attached hydrogen (secondary N) is 2. The van der Waals surface area contributed by atoms with Crippen LogP contribution in [0.5, 0.6) is 0 Å². The zero-order valence-corrected chi connectivity index (χ0v) is 12.3. The topological polar surface area (TPSA) is 75.1 Å². The fourth-order valence-corrected chi connectivity index (χ4v) is 3.01. The smallest absolute Gasteiger partial charge is 0.271 e. The summed E-state index contributed by atoms with van der Waals surface area (Å²) in [5.41, 5.74) is 4.77. The van der Waals surface area contributed by atoms with Gasteiger partial charge in [0.1, 0.15) is 11.3 Å². The first-order valence-electron chi connectivity index (χ1n) is 7.46. The van der Waals surface area contributed by atoms with Gasteiger partial charge in [0, 0.05) is 24.1 Å². The molecule has 1 atom stereocenters. The minimum atomic E-state index is -0.113. The lowest BCUT2D eigenvalue weighted by atomic mass is 9.93. The molecule has 6 heteroatoms. The number of pyridine rings is 1.